The van der Waals surface area contributed by atoms with Crippen LogP contribution in [0.1, 0.15) is 21.6 Å². The number of aryl methyl sites for hydroxylation is 2. The van der Waals surface area contributed by atoms with Gasteiger partial charge in [0.25, 0.3) is 5.91 Å². The van der Waals surface area contributed by atoms with Crippen LogP contribution in [0.5, 0.6) is 0 Å². The molecule has 0 aliphatic carbocycles. The maximum absolute atomic E-state index is 12.4. The van der Waals surface area contributed by atoms with Crippen molar-refractivity contribution in [1.29, 1.82) is 0 Å². The zero-order valence-corrected chi connectivity index (χ0v) is 13.6. The number of nitrogens with one attached hydrogen (secondary N) is 1. The highest BCUT2D eigenvalue weighted by atomic mass is 35.5. The van der Waals surface area contributed by atoms with Gasteiger partial charge >= 0.3 is 0 Å². The highest BCUT2D eigenvalue weighted by Crippen LogP contribution is 2.19. The monoisotopic (exact) mass is 325 g/mol. The number of hydrogen-bond acceptors (Lipinski definition) is 2. The smallest absolute Gasteiger partial charge is 0.256 e. The molecule has 3 rings (SSSR count). The Morgan fingerprint density at radius 3 is 2.52 bits per heavy atom. The quantitative estimate of drug-likeness (QED) is 0.776. The molecule has 0 aliphatic heterocycles. The molecule has 0 fully saturated rings. The van der Waals surface area contributed by atoms with Crippen LogP contribution in [0.2, 0.25) is 5.02 Å². The van der Waals surface area contributed by atoms with Crippen molar-refractivity contribution in [3.8, 4) is 5.69 Å². The van der Waals surface area contributed by atoms with Crippen molar-refractivity contribution in [2.75, 3.05) is 5.32 Å². The molecule has 23 heavy (non-hydrogen) atoms. The number of nitrogens with zero attached hydrogens (tertiary/aromatic N) is 2. The highest BCUT2D eigenvalue weighted by Gasteiger charge is 2.12. The molecule has 1 aromatic heterocycles. The molecule has 0 bridgehead atoms. The van der Waals surface area contributed by atoms with Crippen molar-refractivity contribution >= 4 is 23.3 Å². The van der Waals surface area contributed by atoms with Gasteiger partial charge in [0.1, 0.15) is 5.82 Å². The minimum absolute atomic E-state index is 0.222. The Morgan fingerprint density at radius 2 is 1.83 bits per heavy atom. The first kappa shape index (κ1) is 15.3. The van der Waals surface area contributed by atoms with Crippen LogP contribution < -0.4 is 5.32 Å². The SMILES string of the molecule is Cc1ccc(-n2nc(C)cc2NC(=O)c2cccc(Cl)c2)cc1. The van der Waals surface area contributed by atoms with Gasteiger partial charge in [-0.05, 0) is 44.2 Å². The van der Waals surface area contributed by atoms with Gasteiger partial charge in [-0.3, -0.25) is 4.79 Å². The van der Waals surface area contributed by atoms with Crippen molar-refractivity contribution in [2.24, 2.45) is 0 Å². The fraction of sp³-hybridized carbons (Fsp3) is 0.111. The predicted octanol–water partition coefficient (Wildman–Crippen LogP) is 4.39. The van der Waals surface area contributed by atoms with Gasteiger partial charge in [-0.15, -0.1) is 0 Å². The summed E-state index contributed by atoms with van der Waals surface area (Å²) < 4.78 is 1.72. The van der Waals surface area contributed by atoms with Crippen molar-refractivity contribution < 1.29 is 4.79 Å². The lowest BCUT2D eigenvalue weighted by molar-refractivity contribution is 0.102. The van der Waals surface area contributed by atoms with Crippen molar-refractivity contribution in [2.45, 2.75) is 13.8 Å². The lowest BCUT2D eigenvalue weighted by Gasteiger charge is -2.09. The van der Waals surface area contributed by atoms with Crippen LogP contribution in [0.4, 0.5) is 5.82 Å². The second kappa shape index (κ2) is 6.26. The maximum Gasteiger partial charge on any atom is 0.256 e. The van der Waals surface area contributed by atoms with E-state index in [1.54, 1.807) is 28.9 Å². The molecule has 0 atom stereocenters. The fourth-order valence-electron chi connectivity index (χ4n) is 2.29. The van der Waals surface area contributed by atoms with Crippen LogP contribution in [0.3, 0.4) is 0 Å². The van der Waals surface area contributed by atoms with Crippen LogP contribution in [-0.2, 0) is 0 Å². The third-order valence-electron chi connectivity index (χ3n) is 3.44. The average Bonchev–Trinajstić information content (AvgIpc) is 2.88. The number of benzene rings is 2. The minimum Gasteiger partial charge on any atom is -0.306 e. The van der Waals surface area contributed by atoms with E-state index in [4.69, 9.17) is 11.6 Å². The summed E-state index contributed by atoms with van der Waals surface area (Å²) in [6.45, 7) is 3.92. The lowest BCUT2D eigenvalue weighted by Crippen LogP contribution is -2.15. The predicted molar refractivity (Wildman–Crippen MR) is 92.4 cm³/mol. The zero-order valence-electron chi connectivity index (χ0n) is 12.9. The van der Waals surface area contributed by atoms with E-state index < -0.39 is 0 Å². The Morgan fingerprint density at radius 1 is 1.09 bits per heavy atom. The number of aromatic nitrogens is 2. The first-order valence-electron chi connectivity index (χ1n) is 7.23. The molecule has 116 valence electrons. The summed E-state index contributed by atoms with van der Waals surface area (Å²) in [5.74, 6) is 0.400. The Labute approximate surface area is 139 Å². The topological polar surface area (TPSA) is 46.9 Å². The van der Waals surface area contributed by atoms with Crippen LogP contribution in [0.15, 0.2) is 54.6 Å². The number of carbonyl (C=O) groups is 1. The highest BCUT2D eigenvalue weighted by molar-refractivity contribution is 6.31. The Bertz CT molecular complexity index is 853. The van der Waals surface area contributed by atoms with E-state index in [9.17, 15) is 4.79 Å². The molecular formula is C18H16ClN3O. The standard InChI is InChI=1S/C18H16ClN3O/c1-12-6-8-16(9-7-12)22-17(10-13(2)21-22)20-18(23)14-4-3-5-15(19)11-14/h3-11H,1-2H3,(H,20,23). The fourth-order valence-corrected chi connectivity index (χ4v) is 2.48. The maximum atomic E-state index is 12.4. The molecular weight excluding hydrogens is 310 g/mol. The molecule has 0 radical (unpaired) electrons. The number of hydrogen-bond donors (Lipinski definition) is 1. The van der Waals surface area contributed by atoms with Crippen LogP contribution in [0, 0.1) is 13.8 Å². The van der Waals surface area contributed by atoms with Crippen LogP contribution >= 0.6 is 11.6 Å². The lowest BCUT2D eigenvalue weighted by atomic mass is 10.2. The Hall–Kier alpha value is -2.59. The van der Waals surface area contributed by atoms with Crippen molar-refractivity contribution in [3.63, 3.8) is 0 Å². The average molecular weight is 326 g/mol. The van der Waals surface area contributed by atoms with E-state index in [0.29, 0.717) is 16.4 Å². The molecule has 3 aromatic rings. The minimum atomic E-state index is -0.222. The molecule has 1 N–H and O–H groups in total. The van der Waals surface area contributed by atoms with E-state index in [0.717, 1.165) is 11.4 Å². The molecule has 0 unspecified atom stereocenters. The molecule has 0 aliphatic rings. The molecule has 0 spiro atoms. The number of anilines is 1. The van der Waals surface area contributed by atoms with Gasteiger partial charge < -0.3 is 5.32 Å². The molecule has 4 nitrogen and oxygen atoms in total. The Kier molecular flexibility index (Phi) is 4.17. The first-order chi connectivity index (χ1) is 11.0. The normalized spacial score (nSPS) is 10.6. The molecule has 0 saturated carbocycles. The number of amides is 1. The van der Waals surface area contributed by atoms with Crippen LogP contribution in [-0.4, -0.2) is 15.7 Å². The second-order valence-electron chi connectivity index (χ2n) is 5.38. The Balaban J connectivity index is 1.91. The number of halogens is 1. The largest absolute Gasteiger partial charge is 0.306 e. The van der Waals surface area contributed by atoms with Crippen molar-refractivity contribution in [3.05, 3.63) is 76.4 Å². The summed E-state index contributed by atoms with van der Waals surface area (Å²) in [5, 5.41) is 7.87. The summed E-state index contributed by atoms with van der Waals surface area (Å²) in [6, 6.07) is 16.6. The molecule has 1 amide bonds. The van der Waals surface area contributed by atoms with Gasteiger partial charge in [0.2, 0.25) is 0 Å². The summed E-state index contributed by atoms with van der Waals surface area (Å²) in [7, 11) is 0. The second-order valence-corrected chi connectivity index (χ2v) is 5.82. The number of rotatable bonds is 3. The van der Waals surface area contributed by atoms with E-state index in [-0.39, 0.29) is 5.91 Å². The zero-order chi connectivity index (χ0) is 16.4. The summed E-state index contributed by atoms with van der Waals surface area (Å²) >= 11 is 5.94. The van der Waals surface area contributed by atoms with E-state index in [1.807, 2.05) is 44.2 Å². The van der Waals surface area contributed by atoms with Gasteiger partial charge in [-0.2, -0.15) is 5.10 Å². The number of carbonyl (C=O) groups excluding carboxylic acids is 1. The van der Waals surface area contributed by atoms with Gasteiger partial charge in [0.15, 0.2) is 0 Å². The van der Waals surface area contributed by atoms with Gasteiger partial charge in [0, 0.05) is 16.7 Å². The third kappa shape index (κ3) is 3.43. The van der Waals surface area contributed by atoms with Crippen LogP contribution in [0.25, 0.3) is 5.69 Å². The van der Waals surface area contributed by atoms with E-state index >= 15 is 0 Å². The van der Waals surface area contributed by atoms with Gasteiger partial charge in [-0.1, -0.05) is 35.4 Å². The third-order valence-corrected chi connectivity index (χ3v) is 3.67. The molecule has 1 heterocycles. The molecule has 0 saturated heterocycles. The molecule has 5 heteroatoms. The molecule has 2 aromatic carbocycles. The van der Waals surface area contributed by atoms with E-state index in [1.165, 1.54) is 5.56 Å². The van der Waals surface area contributed by atoms with Crippen molar-refractivity contribution in [1.82, 2.24) is 9.78 Å². The first-order valence-corrected chi connectivity index (χ1v) is 7.61. The summed E-state index contributed by atoms with van der Waals surface area (Å²) in [4.78, 5) is 12.4. The summed E-state index contributed by atoms with van der Waals surface area (Å²) in [6.07, 6.45) is 0. The van der Waals surface area contributed by atoms with E-state index in [2.05, 4.69) is 10.4 Å². The van der Waals surface area contributed by atoms with Gasteiger partial charge in [0.05, 0.1) is 11.4 Å². The van der Waals surface area contributed by atoms with Gasteiger partial charge in [-0.25, -0.2) is 4.68 Å². The summed E-state index contributed by atoms with van der Waals surface area (Å²) in [5.41, 5.74) is 3.39.